The van der Waals surface area contributed by atoms with Gasteiger partial charge in [-0.25, -0.2) is 41.5 Å². The minimum absolute atomic E-state index is 0.00507. The van der Waals surface area contributed by atoms with Gasteiger partial charge in [0.05, 0.1) is 50.6 Å². The van der Waals surface area contributed by atoms with Crippen LogP contribution in [0, 0.1) is 23.3 Å². The van der Waals surface area contributed by atoms with Crippen LogP contribution in [-0.2, 0) is 45.1 Å². The Hall–Kier alpha value is -7.33. The van der Waals surface area contributed by atoms with E-state index in [0.29, 0.717) is 43.4 Å². The van der Waals surface area contributed by atoms with Crippen LogP contribution in [0.25, 0.3) is 20.9 Å². The number of thiophene rings is 2. The predicted octanol–water partition coefficient (Wildman–Crippen LogP) is 12.1. The van der Waals surface area contributed by atoms with Crippen LogP contribution in [0.15, 0.2) is 84.9 Å². The molecule has 0 aliphatic rings. The van der Waals surface area contributed by atoms with Crippen molar-refractivity contribution in [2.24, 2.45) is 0 Å². The summed E-state index contributed by atoms with van der Waals surface area (Å²) in [5.41, 5.74) is 2.16. The lowest BCUT2D eigenvalue weighted by Gasteiger charge is -2.22. The van der Waals surface area contributed by atoms with Crippen LogP contribution in [-0.4, -0.2) is 94.6 Å². The van der Waals surface area contributed by atoms with Gasteiger partial charge in [-0.15, -0.1) is 22.7 Å². The Morgan fingerprint density at radius 3 is 1.08 bits per heavy atom. The summed E-state index contributed by atoms with van der Waals surface area (Å²) in [6.07, 6.45) is -1.87. The average Bonchev–Trinajstić information content (AvgIpc) is 3.90. The van der Waals surface area contributed by atoms with E-state index in [2.05, 4.69) is 10.6 Å². The summed E-state index contributed by atoms with van der Waals surface area (Å²) in [4.78, 5) is 75.0. The number of nitrogens with one attached hydrogen (secondary N) is 2. The number of hydrogen-bond acceptors (Lipinski definition) is 13. The number of halogens is 4. The van der Waals surface area contributed by atoms with E-state index < -0.39 is 77.6 Å². The van der Waals surface area contributed by atoms with Gasteiger partial charge >= 0.3 is 30.2 Å². The number of anilines is 4. The molecule has 4 amide bonds. The average molecular weight is 1060 g/mol. The monoisotopic (exact) mass is 1060 g/mol. The van der Waals surface area contributed by atoms with E-state index in [4.69, 9.17) is 18.9 Å². The van der Waals surface area contributed by atoms with E-state index in [1.165, 1.54) is 12.1 Å². The Morgan fingerprint density at radius 1 is 0.459 bits per heavy atom. The highest BCUT2D eigenvalue weighted by molar-refractivity contribution is 7.20. The highest BCUT2D eigenvalue weighted by Gasteiger charge is 2.35. The zero-order valence-electron chi connectivity index (χ0n) is 42.0. The number of esters is 2. The number of amides is 4. The van der Waals surface area contributed by atoms with Gasteiger partial charge in [0.15, 0.2) is 0 Å². The zero-order chi connectivity index (χ0) is 53.8. The summed E-state index contributed by atoms with van der Waals surface area (Å²) in [6, 6.07) is 19.5. The van der Waals surface area contributed by atoms with Crippen LogP contribution in [0.5, 0.6) is 0 Å². The number of nitrogens with zero attached hydrogens (tertiary/aromatic N) is 4. The van der Waals surface area contributed by atoms with Gasteiger partial charge in [0.1, 0.15) is 33.3 Å². The second-order valence-corrected chi connectivity index (χ2v) is 18.8. The highest BCUT2D eigenvalue weighted by atomic mass is 32.1. The maximum absolute atomic E-state index is 15.1. The molecular formula is C53H56F4N6O9S2. The molecule has 0 saturated carbocycles. The number of urea groups is 1. The van der Waals surface area contributed by atoms with E-state index in [-0.39, 0.29) is 60.6 Å². The molecule has 74 heavy (non-hydrogen) atoms. The van der Waals surface area contributed by atoms with Crippen molar-refractivity contribution in [2.45, 2.75) is 53.9 Å². The molecule has 392 valence electrons. The standard InChI is InChI=1S/C53H56F4N6O9S2/c1-9-69-49(64)43-37(27-60(5)6)45(73-47(43)62(52(67)71-11-3)29-35-39(54)15-13-16-40(35)55)31-19-23-33(24-20-31)58-51(66)59-34-25-21-32(22-26-34)46-38(28-61(7)8)44(50(65)70-10-2)48(74-46)63(53(68)72-12-4)30-36-41(56)17-14-18-42(36)57/h13-26H,9-12,27-30H2,1-8H3,(H2,58,59,66). The molecule has 2 N–H and O–H groups in total. The van der Waals surface area contributed by atoms with Gasteiger partial charge in [-0.3, -0.25) is 9.80 Å². The Bertz CT molecular complexity index is 2750. The zero-order valence-corrected chi connectivity index (χ0v) is 43.7. The molecule has 0 aliphatic carbocycles. The fourth-order valence-electron chi connectivity index (χ4n) is 7.74. The Labute approximate surface area is 434 Å². The number of carbonyl (C=O) groups excluding carboxylic acids is 5. The topological polar surface area (TPSA) is 159 Å². The summed E-state index contributed by atoms with van der Waals surface area (Å²) in [6.45, 7) is 5.54. The molecule has 0 fully saturated rings. The van der Waals surface area contributed by atoms with Crippen LogP contribution < -0.4 is 20.4 Å². The molecule has 15 nitrogen and oxygen atoms in total. The molecule has 0 bridgehead atoms. The van der Waals surface area contributed by atoms with Crippen molar-refractivity contribution in [1.82, 2.24) is 9.80 Å². The van der Waals surface area contributed by atoms with Crippen molar-refractivity contribution >= 4 is 74.2 Å². The summed E-state index contributed by atoms with van der Waals surface area (Å²) in [5, 5.41) is 5.72. The lowest BCUT2D eigenvalue weighted by molar-refractivity contribution is 0.0516. The third-order valence-electron chi connectivity index (χ3n) is 10.9. The van der Waals surface area contributed by atoms with E-state index in [9.17, 15) is 24.0 Å². The summed E-state index contributed by atoms with van der Waals surface area (Å²) in [5.74, 6) is -5.06. The maximum atomic E-state index is 15.1. The molecule has 0 aliphatic heterocycles. The summed E-state index contributed by atoms with van der Waals surface area (Å²) in [7, 11) is 7.16. The first kappa shape index (κ1) is 56.0. The molecule has 0 spiro atoms. The van der Waals surface area contributed by atoms with E-state index in [0.717, 1.165) is 56.7 Å². The fraction of sp³-hybridized carbons (Fsp3) is 0.302. The van der Waals surface area contributed by atoms with Gasteiger partial charge in [0.25, 0.3) is 0 Å². The van der Waals surface area contributed by atoms with Crippen molar-refractivity contribution in [3.8, 4) is 20.9 Å². The molecule has 6 aromatic rings. The summed E-state index contributed by atoms with van der Waals surface area (Å²) < 4.78 is 81.8. The lowest BCUT2D eigenvalue weighted by atomic mass is 10.0. The van der Waals surface area contributed by atoms with Crippen LogP contribution in [0.3, 0.4) is 0 Å². The number of hydrogen-bond donors (Lipinski definition) is 2. The van der Waals surface area contributed by atoms with Crippen molar-refractivity contribution < 1.29 is 60.5 Å². The van der Waals surface area contributed by atoms with Gasteiger partial charge in [0.2, 0.25) is 0 Å². The molecule has 0 radical (unpaired) electrons. The molecular weight excluding hydrogens is 1000 g/mol. The van der Waals surface area contributed by atoms with Gasteiger partial charge < -0.3 is 39.4 Å². The third-order valence-corrected chi connectivity index (χ3v) is 13.5. The van der Waals surface area contributed by atoms with Gasteiger partial charge in [-0.2, -0.15) is 0 Å². The molecule has 2 heterocycles. The van der Waals surface area contributed by atoms with Crippen LogP contribution in [0.2, 0.25) is 0 Å². The van der Waals surface area contributed by atoms with E-state index >= 15 is 17.6 Å². The van der Waals surface area contributed by atoms with E-state index in [1.807, 2.05) is 9.80 Å². The molecule has 0 atom stereocenters. The van der Waals surface area contributed by atoms with E-state index in [1.54, 1.807) is 104 Å². The fourth-order valence-corrected chi connectivity index (χ4v) is 10.3. The molecule has 0 unspecified atom stereocenters. The Morgan fingerprint density at radius 2 is 0.784 bits per heavy atom. The second kappa shape index (κ2) is 25.6. The molecule has 6 rings (SSSR count). The van der Waals surface area contributed by atoms with Gasteiger partial charge in [-0.1, -0.05) is 36.4 Å². The largest absolute Gasteiger partial charge is 0.462 e. The summed E-state index contributed by atoms with van der Waals surface area (Å²) >= 11 is 2.08. The quantitative estimate of drug-likeness (QED) is 0.0426. The molecule has 21 heteroatoms. The van der Waals surface area contributed by atoms with Crippen molar-refractivity contribution in [3.05, 3.63) is 142 Å². The van der Waals surface area contributed by atoms with Crippen molar-refractivity contribution in [1.29, 1.82) is 0 Å². The minimum Gasteiger partial charge on any atom is -0.462 e. The number of benzene rings is 4. The lowest BCUT2D eigenvalue weighted by Crippen LogP contribution is -2.32. The van der Waals surface area contributed by atoms with Crippen molar-refractivity contribution in [3.63, 3.8) is 0 Å². The van der Waals surface area contributed by atoms with Crippen molar-refractivity contribution in [2.75, 3.05) is 75.1 Å². The number of rotatable bonds is 20. The maximum Gasteiger partial charge on any atom is 0.415 e. The van der Waals surface area contributed by atoms with Crippen LogP contribution in [0.4, 0.5) is 53.3 Å². The number of ether oxygens (including phenoxy) is 4. The Balaban J connectivity index is 1.30. The Kier molecular flexibility index (Phi) is 19.3. The first-order chi connectivity index (χ1) is 35.4. The molecule has 0 saturated heterocycles. The smallest absolute Gasteiger partial charge is 0.415 e. The second-order valence-electron chi connectivity index (χ2n) is 16.8. The number of carbonyl (C=O) groups is 5. The third kappa shape index (κ3) is 13.2. The molecule has 2 aromatic heterocycles. The minimum atomic E-state index is -0.933. The normalized spacial score (nSPS) is 11.1. The predicted molar refractivity (Wildman–Crippen MR) is 278 cm³/mol. The molecule has 4 aromatic carbocycles. The SMILES string of the molecule is CCOC(=O)c1c(N(Cc2c(F)cccc2F)C(=O)OCC)sc(-c2ccc(NC(=O)Nc3ccc(-c4sc(N(Cc5c(F)cccc5F)C(=O)OCC)c(C(=O)OCC)c4CN(C)C)cc3)cc2)c1CN(C)C. The van der Waals surface area contributed by atoms with Gasteiger partial charge in [-0.05, 0) is 116 Å². The van der Waals surface area contributed by atoms with Gasteiger partial charge in [0, 0.05) is 56.5 Å². The first-order valence-corrected chi connectivity index (χ1v) is 25.0. The van der Waals surface area contributed by atoms with Crippen LogP contribution >= 0.6 is 22.7 Å². The van der Waals surface area contributed by atoms with Crippen LogP contribution in [0.1, 0.15) is 70.7 Å². The first-order valence-electron chi connectivity index (χ1n) is 23.4. The highest BCUT2D eigenvalue weighted by Crippen LogP contribution is 2.46.